The number of carbonyl (C=O) groups excluding carboxylic acids is 1. The lowest BCUT2D eigenvalue weighted by atomic mass is 10.1. The van der Waals surface area contributed by atoms with E-state index >= 15 is 0 Å². The van der Waals surface area contributed by atoms with Gasteiger partial charge >= 0.3 is 0 Å². The van der Waals surface area contributed by atoms with Crippen molar-refractivity contribution >= 4 is 16.8 Å². The highest BCUT2D eigenvalue weighted by atomic mass is 16.3. The Balaban J connectivity index is 1.60. The van der Waals surface area contributed by atoms with Gasteiger partial charge in [-0.3, -0.25) is 4.79 Å². The summed E-state index contributed by atoms with van der Waals surface area (Å²) in [5.41, 5.74) is 3.22. The zero-order valence-corrected chi connectivity index (χ0v) is 11.9. The smallest absolute Gasteiger partial charge is 0.201 e. The summed E-state index contributed by atoms with van der Waals surface area (Å²) >= 11 is 0. The summed E-state index contributed by atoms with van der Waals surface area (Å²) in [7, 11) is 0. The molecule has 0 aliphatic heterocycles. The summed E-state index contributed by atoms with van der Waals surface area (Å²) in [6.45, 7) is 2.04. The van der Waals surface area contributed by atoms with Crippen molar-refractivity contribution in [3.8, 4) is 0 Å². The van der Waals surface area contributed by atoms with Crippen molar-refractivity contribution in [2.24, 2.45) is 5.92 Å². The highest BCUT2D eigenvalue weighted by Gasteiger charge is 2.45. The summed E-state index contributed by atoms with van der Waals surface area (Å²) in [4.78, 5) is 12.6. The predicted molar refractivity (Wildman–Crippen MR) is 82.6 cm³/mol. The average molecular weight is 276 g/mol. The molecule has 1 aromatic heterocycles. The molecule has 0 radical (unpaired) electrons. The molecule has 4 rings (SSSR count). The van der Waals surface area contributed by atoms with Gasteiger partial charge in [-0.2, -0.15) is 0 Å². The van der Waals surface area contributed by atoms with Gasteiger partial charge in [-0.15, -0.1) is 0 Å². The van der Waals surface area contributed by atoms with E-state index in [2.05, 4.69) is 18.2 Å². The number of hydrogen-bond acceptors (Lipinski definition) is 2. The van der Waals surface area contributed by atoms with Gasteiger partial charge < -0.3 is 4.42 Å². The molecule has 0 N–H and O–H groups in total. The quantitative estimate of drug-likeness (QED) is 0.647. The van der Waals surface area contributed by atoms with Crippen LogP contribution in [0.15, 0.2) is 59.0 Å². The van der Waals surface area contributed by atoms with Crippen LogP contribution in [0.25, 0.3) is 11.0 Å². The molecule has 1 aliphatic carbocycles. The lowest BCUT2D eigenvalue weighted by molar-refractivity contribution is 0.0940. The number of fused-ring (bicyclic) bond motifs is 1. The number of aryl methyl sites for hydroxylation is 1. The Labute approximate surface area is 123 Å². The van der Waals surface area contributed by atoms with E-state index in [9.17, 15) is 4.79 Å². The van der Waals surface area contributed by atoms with Crippen molar-refractivity contribution in [1.29, 1.82) is 0 Å². The molecule has 0 amide bonds. The molecule has 0 saturated heterocycles. The molecular weight excluding hydrogens is 260 g/mol. The predicted octanol–water partition coefficient (Wildman–Crippen LogP) is 4.73. The lowest BCUT2D eigenvalue weighted by Gasteiger charge is -1.98. The van der Waals surface area contributed by atoms with Crippen LogP contribution in [0.5, 0.6) is 0 Å². The van der Waals surface area contributed by atoms with Gasteiger partial charge in [0, 0.05) is 11.3 Å². The molecule has 1 heterocycles. The number of benzene rings is 2. The molecular formula is C19H16O2. The summed E-state index contributed by atoms with van der Waals surface area (Å²) in [5.74, 6) is 1.07. The highest BCUT2D eigenvalue weighted by molar-refractivity contribution is 6.01. The van der Waals surface area contributed by atoms with E-state index in [1.54, 1.807) is 0 Å². The van der Waals surface area contributed by atoms with Crippen LogP contribution in [0.2, 0.25) is 0 Å². The normalized spacial score (nSPS) is 20.6. The highest BCUT2D eigenvalue weighted by Crippen LogP contribution is 2.49. The maximum atomic E-state index is 12.6. The molecule has 1 aliphatic rings. The van der Waals surface area contributed by atoms with E-state index in [1.165, 1.54) is 11.1 Å². The fraction of sp³-hybridized carbons (Fsp3) is 0.211. The Kier molecular flexibility index (Phi) is 2.71. The van der Waals surface area contributed by atoms with Crippen molar-refractivity contribution in [3.63, 3.8) is 0 Å². The second-order valence-electron chi connectivity index (χ2n) is 5.88. The van der Waals surface area contributed by atoms with Gasteiger partial charge in [0.25, 0.3) is 0 Å². The molecule has 0 spiro atoms. The first-order valence-electron chi connectivity index (χ1n) is 7.32. The van der Waals surface area contributed by atoms with Gasteiger partial charge in [0.05, 0.1) is 0 Å². The molecule has 21 heavy (non-hydrogen) atoms. The topological polar surface area (TPSA) is 30.2 Å². The van der Waals surface area contributed by atoms with Crippen molar-refractivity contribution < 1.29 is 9.21 Å². The van der Waals surface area contributed by atoms with E-state index in [1.807, 2.05) is 43.3 Å². The van der Waals surface area contributed by atoms with E-state index in [0.717, 1.165) is 17.4 Å². The molecule has 2 aromatic carbocycles. The van der Waals surface area contributed by atoms with Gasteiger partial charge in [-0.25, -0.2) is 0 Å². The number of ketones is 1. The summed E-state index contributed by atoms with van der Waals surface area (Å²) < 4.78 is 5.72. The molecule has 2 unspecified atom stereocenters. The standard InChI is InChI=1S/C19H16O2/c1-12-7-8-17-14(9-12)10-18(21-17)19(20)16-11-15(16)13-5-3-2-4-6-13/h2-10,15-16H,11H2,1H3. The van der Waals surface area contributed by atoms with Crippen molar-refractivity contribution in [3.05, 3.63) is 71.5 Å². The Morgan fingerprint density at radius 1 is 1.10 bits per heavy atom. The minimum atomic E-state index is 0.0778. The first-order valence-corrected chi connectivity index (χ1v) is 7.32. The minimum Gasteiger partial charge on any atom is -0.453 e. The van der Waals surface area contributed by atoms with Crippen molar-refractivity contribution in [2.75, 3.05) is 0 Å². The van der Waals surface area contributed by atoms with Crippen LogP contribution in [-0.2, 0) is 0 Å². The number of Topliss-reactive ketones (excluding diaryl/α,β-unsaturated/α-hetero) is 1. The Morgan fingerprint density at radius 2 is 1.90 bits per heavy atom. The minimum absolute atomic E-state index is 0.0778. The van der Waals surface area contributed by atoms with Gasteiger partial charge in [0.15, 0.2) is 5.76 Å². The van der Waals surface area contributed by atoms with Crippen LogP contribution in [0.3, 0.4) is 0 Å². The second kappa shape index (κ2) is 4.59. The van der Waals surface area contributed by atoms with Crippen molar-refractivity contribution in [1.82, 2.24) is 0 Å². The summed E-state index contributed by atoms with van der Waals surface area (Å²) in [6.07, 6.45) is 0.929. The van der Waals surface area contributed by atoms with E-state index in [4.69, 9.17) is 4.42 Å². The van der Waals surface area contributed by atoms with Crippen LogP contribution in [-0.4, -0.2) is 5.78 Å². The molecule has 0 bridgehead atoms. The molecule has 104 valence electrons. The van der Waals surface area contributed by atoms with Crippen LogP contribution in [0.1, 0.15) is 34.0 Å². The molecule has 2 nitrogen and oxygen atoms in total. The fourth-order valence-corrected chi connectivity index (χ4v) is 3.02. The average Bonchev–Trinajstić information content (AvgIpc) is 3.20. The molecule has 1 saturated carbocycles. The molecule has 2 atom stereocenters. The number of furan rings is 1. The fourth-order valence-electron chi connectivity index (χ4n) is 3.02. The summed E-state index contributed by atoms with van der Waals surface area (Å²) in [5, 5.41) is 1.01. The largest absolute Gasteiger partial charge is 0.453 e. The zero-order valence-electron chi connectivity index (χ0n) is 11.9. The van der Waals surface area contributed by atoms with Crippen LogP contribution in [0.4, 0.5) is 0 Å². The van der Waals surface area contributed by atoms with E-state index < -0.39 is 0 Å². The van der Waals surface area contributed by atoms with Crippen molar-refractivity contribution in [2.45, 2.75) is 19.3 Å². The van der Waals surface area contributed by atoms with Crippen LogP contribution < -0.4 is 0 Å². The Bertz CT molecular complexity index is 814. The second-order valence-corrected chi connectivity index (χ2v) is 5.88. The van der Waals surface area contributed by atoms with Crippen LogP contribution >= 0.6 is 0 Å². The monoisotopic (exact) mass is 276 g/mol. The number of rotatable bonds is 3. The molecule has 2 heteroatoms. The van der Waals surface area contributed by atoms with Gasteiger partial charge in [0.2, 0.25) is 5.78 Å². The Morgan fingerprint density at radius 3 is 2.71 bits per heavy atom. The summed E-state index contributed by atoms with van der Waals surface area (Å²) in [6, 6.07) is 18.1. The third-order valence-electron chi connectivity index (χ3n) is 4.27. The number of carbonyl (C=O) groups is 1. The number of hydrogen-bond donors (Lipinski definition) is 0. The maximum absolute atomic E-state index is 12.6. The zero-order chi connectivity index (χ0) is 14.4. The SMILES string of the molecule is Cc1ccc2oc(C(=O)C3CC3c3ccccc3)cc2c1. The van der Waals surface area contributed by atoms with E-state index in [-0.39, 0.29) is 11.7 Å². The van der Waals surface area contributed by atoms with Gasteiger partial charge in [-0.05, 0) is 43.0 Å². The maximum Gasteiger partial charge on any atom is 0.201 e. The first-order chi connectivity index (χ1) is 10.2. The first kappa shape index (κ1) is 12.4. The Hall–Kier alpha value is -2.35. The van der Waals surface area contributed by atoms with Gasteiger partial charge in [0.1, 0.15) is 5.58 Å². The molecule has 3 aromatic rings. The van der Waals surface area contributed by atoms with Crippen LogP contribution in [0, 0.1) is 12.8 Å². The lowest BCUT2D eigenvalue weighted by Crippen LogP contribution is -2.01. The molecule has 1 fully saturated rings. The third kappa shape index (κ3) is 2.17. The third-order valence-corrected chi connectivity index (χ3v) is 4.27. The van der Waals surface area contributed by atoms with E-state index in [0.29, 0.717) is 11.7 Å². The van der Waals surface area contributed by atoms with Gasteiger partial charge in [-0.1, -0.05) is 42.0 Å².